The fourth-order valence-electron chi connectivity index (χ4n) is 1.35. The molecule has 0 bridgehead atoms. The smallest absolute Gasteiger partial charge is 0.222 e. The van der Waals surface area contributed by atoms with Gasteiger partial charge in [-0.05, 0) is 34.7 Å². The Morgan fingerprint density at radius 2 is 1.86 bits per heavy atom. The first-order valence-corrected chi connectivity index (χ1v) is 5.53. The van der Waals surface area contributed by atoms with E-state index in [0.717, 1.165) is 10.0 Å². The normalized spacial score (nSPS) is 11.4. The highest BCUT2D eigenvalue weighted by molar-refractivity contribution is 9.10. The third kappa shape index (κ3) is 3.10. The van der Waals surface area contributed by atoms with E-state index in [1.165, 1.54) is 0 Å². The van der Waals surface area contributed by atoms with E-state index in [9.17, 15) is 4.79 Å². The van der Waals surface area contributed by atoms with Gasteiger partial charge < -0.3 is 0 Å². The van der Waals surface area contributed by atoms with Gasteiger partial charge in [0.15, 0.2) is 0 Å². The molecule has 1 aromatic carbocycles. The molecule has 0 saturated heterocycles. The molecule has 3 heteroatoms. The van der Waals surface area contributed by atoms with E-state index in [0.29, 0.717) is 6.42 Å². The third-order valence-electron chi connectivity index (χ3n) is 2.21. The van der Waals surface area contributed by atoms with E-state index < -0.39 is 0 Å². The highest BCUT2D eigenvalue weighted by Crippen LogP contribution is 2.28. The van der Waals surface area contributed by atoms with Gasteiger partial charge in [-0.1, -0.05) is 41.9 Å². The molecular formula is C11H12BrClO. The molecule has 1 rings (SSSR count). The molecular weight excluding hydrogens is 263 g/mol. The van der Waals surface area contributed by atoms with Crippen LogP contribution in [0.3, 0.4) is 0 Å². The molecule has 0 atom stereocenters. The van der Waals surface area contributed by atoms with E-state index in [1.54, 1.807) is 0 Å². The summed E-state index contributed by atoms with van der Waals surface area (Å²) in [5.74, 6) is 0. The van der Waals surface area contributed by atoms with Gasteiger partial charge in [-0.15, -0.1) is 0 Å². The molecule has 0 aliphatic rings. The number of halogens is 2. The fraction of sp³-hybridized carbons (Fsp3) is 0.364. The van der Waals surface area contributed by atoms with Gasteiger partial charge in [0, 0.05) is 10.9 Å². The number of carbonyl (C=O) groups is 1. The van der Waals surface area contributed by atoms with Crippen LogP contribution < -0.4 is 0 Å². The van der Waals surface area contributed by atoms with Crippen LogP contribution in [0.15, 0.2) is 28.7 Å². The van der Waals surface area contributed by atoms with Crippen LogP contribution in [-0.4, -0.2) is 5.24 Å². The molecule has 0 fully saturated rings. The van der Waals surface area contributed by atoms with Gasteiger partial charge >= 0.3 is 0 Å². The van der Waals surface area contributed by atoms with Gasteiger partial charge in [0.2, 0.25) is 5.24 Å². The molecule has 0 N–H and O–H groups in total. The van der Waals surface area contributed by atoms with Crippen molar-refractivity contribution in [2.75, 3.05) is 0 Å². The summed E-state index contributed by atoms with van der Waals surface area (Å²) in [5.41, 5.74) is 0.925. The zero-order valence-corrected chi connectivity index (χ0v) is 10.5. The second-order valence-corrected chi connectivity index (χ2v) is 5.26. The van der Waals surface area contributed by atoms with Gasteiger partial charge in [0.25, 0.3) is 0 Å². The molecule has 0 heterocycles. The molecule has 76 valence electrons. The van der Waals surface area contributed by atoms with Crippen LogP contribution in [0.4, 0.5) is 0 Å². The highest BCUT2D eigenvalue weighted by atomic mass is 79.9. The van der Waals surface area contributed by atoms with Gasteiger partial charge in [-0.25, -0.2) is 0 Å². The van der Waals surface area contributed by atoms with E-state index in [-0.39, 0.29) is 10.7 Å². The predicted octanol–water partition coefficient (Wildman–Crippen LogP) is 3.88. The third-order valence-corrected chi connectivity index (χ3v) is 2.87. The molecule has 1 nitrogen and oxygen atoms in total. The van der Waals surface area contributed by atoms with E-state index in [2.05, 4.69) is 15.9 Å². The van der Waals surface area contributed by atoms with Crippen molar-refractivity contribution in [2.45, 2.75) is 25.7 Å². The molecule has 0 radical (unpaired) electrons. The molecule has 14 heavy (non-hydrogen) atoms. The summed E-state index contributed by atoms with van der Waals surface area (Å²) in [6, 6.07) is 7.94. The zero-order chi connectivity index (χ0) is 10.8. The van der Waals surface area contributed by atoms with E-state index in [4.69, 9.17) is 11.6 Å². The summed E-state index contributed by atoms with van der Waals surface area (Å²) in [5, 5.41) is -0.294. The van der Waals surface area contributed by atoms with Crippen LogP contribution in [0, 0.1) is 0 Å². The minimum atomic E-state index is -0.294. The van der Waals surface area contributed by atoms with Crippen molar-refractivity contribution in [3.63, 3.8) is 0 Å². The van der Waals surface area contributed by atoms with Crippen LogP contribution in [0.5, 0.6) is 0 Å². The topological polar surface area (TPSA) is 17.1 Å². The Morgan fingerprint density at radius 1 is 1.36 bits per heavy atom. The number of benzene rings is 1. The molecule has 1 aromatic rings. The van der Waals surface area contributed by atoms with Gasteiger partial charge in [0.05, 0.1) is 0 Å². The number of carbonyl (C=O) groups excluding carboxylic acids is 1. The second kappa shape index (κ2) is 4.45. The highest BCUT2D eigenvalue weighted by Gasteiger charge is 2.23. The average Bonchev–Trinajstić information content (AvgIpc) is 2.02. The summed E-state index contributed by atoms with van der Waals surface area (Å²) >= 11 is 8.77. The summed E-state index contributed by atoms with van der Waals surface area (Å²) in [7, 11) is 0. The van der Waals surface area contributed by atoms with Crippen molar-refractivity contribution in [2.24, 2.45) is 0 Å². The standard InChI is InChI=1S/C11H12BrClO/c1-11(2,7-10(13)14)8-3-5-9(12)6-4-8/h3-6H,7H2,1-2H3. The Morgan fingerprint density at radius 3 is 2.29 bits per heavy atom. The molecule has 0 unspecified atom stereocenters. The van der Waals surface area contributed by atoms with E-state index >= 15 is 0 Å². The van der Waals surface area contributed by atoms with Crippen LogP contribution >= 0.6 is 27.5 Å². The van der Waals surface area contributed by atoms with Crippen molar-refractivity contribution >= 4 is 32.8 Å². The monoisotopic (exact) mass is 274 g/mol. The van der Waals surface area contributed by atoms with Crippen molar-refractivity contribution < 1.29 is 4.79 Å². The number of hydrogen-bond acceptors (Lipinski definition) is 1. The molecule has 0 spiro atoms. The molecule has 0 aromatic heterocycles. The van der Waals surface area contributed by atoms with Crippen LogP contribution in [0.1, 0.15) is 25.8 Å². The summed E-state index contributed by atoms with van der Waals surface area (Å²) in [6.45, 7) is 4.02. The number of hydrogen-bond donors (Lipinski definition) is 0. The lowest BCUT2D eigenvalue weighted by Gasteiger charge is -2.23. The maximum absolute atomic E-state index is 10.9. The van der Waals surface area contributed by atoms with Gasteiger partial charge in [-0.3, -0.25) is 4.79 Å². The number of rotatable bonds is 3. The lowest BCUT2D eigenvalue weighted by atomic mass is 9.82. The molecule has 0 amide bonds. The minimum absolute atomic E-state index is 0.195. The first-order valence-electron chi connectivity index (χ1n) is 4.36. The van der Waals surface area contributed by atoms with Gasteiger partial charge in [0.1, 0.15) is 0 Å². The largest absolute Gasteiger partial charge is 0.281 e. The summed E-state index contributed by atoms with van der Waals surface area (Å²) < 4.78 is 1.04. The van der Waals surface area contributed by atoms with Gasteiger partial charge in [-0.2, -0.15) is 0 Å². The Hall–Kier alpha value is -0.340. The Labute approximate surface area is 97.6 Å². The minimum Gasteiger partial charge on any atom is -0.281 e. The van der Waals surface area contributed by atoms with Crippen molar-refractivity contribution in [1.82, 2.24) is 0 Å². The predicted molar refractivity (Wildman–Crippen MR) is 62.6 cm³/mol. The van der Waals surface area contributed by atoms with Crippen LogP contribution in [-0.2, 0) is 10.2 Å². The maximum Gasteiger partial charge on any atom is 0.222 e. The molecule has 0 aliphatic heterocycles. The lowest BCUT2D eigenvalue weighted by Crippen LogP contribution is -2.19. The summed E-state index contributed by atoms with van der Waals surface area (Å²) in [6.07, 6.45) is 0.357. The zero-order valence-electron chi connectivity index (χ0n) is 8.18. The molecule has 0 saturated carbocycles. The second-order valence-electron chi connectivity index (χ2n) is 3.92. The first kappa shape index (κ1) is 11.7. The fourth-order valence-corrected chi connectivity index (χ4v) is 1.95. The Kier molecular flexibility index (Phi) is 3.73. The van der Waals surface area contributed by atoms with Crippen molar-refractivity contribution in [1.29, 1.82) is 0 Å². The maximum atomic E-state index is 10.9. The first-order chi connectivity index (χ1) is 6.42. The lowest BCUT2D eigenvalue weighted by molar-refractivity contribution is -0.112. The van der Waals surface area contributed by atoms with E-state index in [1.807, 2.05) is 38.1 Å². The van der Waals surface area contributed by atoms with Crippen LogP contribution in [0.25, 0.3) is 0 Å². The van der Waals surface area contributed by atoms with Crippen LogP contribution in [0.2, 0.25) is 0 Å². The Balaban J connectivity index is 2.91. The quantitative estimate of drug-likeness (QED) is 0.765. The molecule has 0 aliphatic carbocycles. The SMILES string of the molecule is CC(C)(CC(=O)Cl)c1ccc(Br)cc1. The Bertz CT molecular complexity index is 330. The van der Waals surface area contributed by atoms with Crippen molar-refractivity contribution in [3.8, 4) is 0 Å². The average molecular weight is 276 g/mol. The van der Waals surface area contributed by atoms with Crippen molar-refractivity contribution in [3.05, 3.63) is 34.3 Å². The summed E-state index contributed by atoms with van der Waals surface area (Å²) in [4.78, 5) is 10.9.